The van der Waals surface area contributed by atoms with E-state index >= 15 is 4.39 Å². The smallest absolute Gasteiger partial charge is 0.249 e. The average molecular weight is 487 g/mol. The topological polar surface area (TPSA) is 117 Å². The number of aliphatic hydroxyl groups excluding tert-OH is 1. The van der Waals surface area contributed by atoms with Crippen LogP contribution in [0.25, 0.3) is 11.1 Å². The molecule has 1 amide bonds. The zero-order chi connectivity index (χ0) is 24.5. The van der Waals surface area contributed by atoms with Crippen LogP contribution < -0.4 is 20.9 Å². The molecule has 0 radical (unpaired) electrons. The summed E-state index contributed by atoms with van der Waals surface area (Å²) in [5.74, 6) is -1.57. The van der Waals surface area contributed by atoms with E-state index in [9.17, 15) is 9.90 Å². The van der Waals surface area contributed by atoms with Crippen molar-refractivity contribution in [2.75, 3.05) is 26.9 Å². The minimum Gasteiger partial charge on any atom is -0.488 e. The number of ether oxygens (including phenoxy) is 3. The molecule has 5 N–H and O–H groups in total. The van der Waals surface area contributed by atoms with Crippen molar-refractivity contribution < 1.29 is 28.5 Å². The normalized spacial score (nSPS) is 18.9. The number of nitrogens with two attached hydrogens (primary N) is 2. The van der Waals surface area contributed by atoms with Crippen molar-refractivity contribution in [3.05, 3.63) is 82.1 Å². The molecular formula is C25H24ClFN2O5. The monoisotopic (exact) mass is 486 g/mol. The molecule has 2 unspecified atom stereocenters. The zero-order valence-corrected chi connectivity index (χ0v) is 19.1. The summed E-state index contributed by atoms with van der Waals surface area (Å²) in [6, 6.07) is 14.7. The van der Waals surface area contributed by atoms with Gasteiger partial charge < -0.3 is 30.8 Å². The fourth-order valence-corrected chi connectivity index (χ4v) is 4.49. The molecule has 1 heterocycles. The first-order valence-electron chi connectivity index (χ1n) is 10.5. The highest BCUT2D eigenvalue weighted by Crippen LogP contribution is 2.54. The van der Waals surface area contributed by atoms with Crippen molar-refractivity contribution in [2.45, 2.75) is 11.7 Å². The average Bonchev–Trinajstić information content (AvgIpc) is 3.13. The molecule has 1 aliphatic heterocycles. The van der Waals surface area contributed by atoms with Crippen LogP contribution in [0.5, 0.6) is 11.5 Å². The van der Waals surface area contributed by atoms with Gasteiger partial charge in [0.05, 0.1) is 12.2 Å². The van der Waals surface area contributed by atoms with Crippen LogP contribution in [-0.2, 0) is 10.3 Å². The number of aliphatic hydroxyl groups is 1. The maximum atomic E-state index is 15.8. The molecule has 0 spiro atoms. The van der Waals surface area contributed by atoms with Gasteiger partial charge in [-0.2, -0.15) is 0 Å². The highest BCUT2D eigenvalue weighted by atomic mass is 35.5. The van der Waals surface area contributed by atoms with Crippen LogP contribution in [0.3, 0.4) is 0 Å². The number of hydrogen-bond acceptors (Lipinski definition) is 6. The molecule has 9 heteroatoms. The Balaban J connectivity index is 1.94. The molecule has 0 aromatic heterocycles. The van der Waals surface area contributed by atoms with Crippen molar-refractivity contribution >= 4 is 17.5 Å². The third kappa shape index (κ3) is 3.88. The minimum absolute atomic E-state index is 0.0742. The van der Waals surface area contributed by atoms with E-state index in [1.807, 2.05) is 6.07 Å². The van der Waals surface area contributed by atoms with Gasteiger partial charge in [-0.25, -0.2) is 4.39 Å². The van der Waals surface area contributed by atoms with Crippen LogP contribution in [0.15, 0.2) is 54.6 Å². The van der Waals surface area contributed by atoms with E-state index in [0.717, 1.165) is 0 Å². The first kappa shape index (κ1) is 24.0. The second-order valence-electron chi connectivity index (χ2n) is 7.80. The fourth-order valence-electron chi connectivity index (χ4n) is 4.23. The van der Waals surface area contributed by atoms with Crippen molar-refractivity contribution in [1.82, 2.24) is 0 Å². The fraction of sp³-hybridized carbons (Fsp3) is 0.240. The Morgan fingerprint density at radius 3 is 2.53 bits per heavy atom. The van der Waals surface area contributed by atoms with Crippen LogP contribution in [-0.4, -0.2) is 37.9 Å². The second kappa shape index (κ2) is 9.60. The van der Waals surface area contributed by atoms with E-state index in [0.29, 0.717) is 5.56 Å². The molecule has 0 saturated carbocycles. The molecular weight excluding hydrogens is 463 g/mol. The van der Waals surface area contributed by atoms with Crippen molar-refractivity contribution in [3.8, 4) is 22.6 Å². The predicted octanol–water partition coefficient (Wildman–Crippen LogP) is 3.55. The predicted molar refractivity (Wildman–Crippen MR) is 125 cm³/mol. The number of benzene rings is 3. The van der Waals surface area contributed by atoms with E-state index in [1.165, 1.54) is 25.3 Å². The first-order chi connectivity index (χ1) is 16.4. The molecule has 0 bridgehead atoms. The molecule has 2 atom stereocenters. The summed E-state index contributed by atoms with van der Waals surface area (Å²) in [6.07, 6.45) is -1.32. The van der Waals surface area contributed by atoms with Gasteiger partial charge in [-0.15, -0.1) is 0 Å². The number of methoxy groups -OCH3 is 1. The van der Waals surface area contributed by atoms with Crippen LogP contribution in [0.2, 0.25) is 5.02 Å². The Bertz CT molecular complexity index is 1220. The van der Waals surface area contributed by atoms with E-state index in [-0.39, 0.29) is 58.5 Å². The zero-order valence-electron chi connectivity index (χ0n) is 18.4. The highest BCUT2D eigenvalue weighted by molar-refractivity contribution is 6.34. The summed E-state index contributed by atoms with van der Waals surface area (Å²) in [5.41, 5.74) is 11.0. The lowest BCUT2D eigenvalue weighted by Crippen LogP contribution is -2.42. The second-order valence-corrected chi connectivity index (χ2v) is 8.21. The Morgan fingerprint density at radius 1 is 1.15 bits per heavy atom. The lowest BCUT2D eigenvalue weighted by atomic mass is 9.83. The quantitative estimate of drug-likeness (QED) is 0.419. The maximum Gasteiger partial charge on any atom is 0.249 e. The number of rotatable bonds is 8. The van der Waals surface area contributed by atoms with Gasteiger partial charge in [-0.1, -0.05) is 41.9 Å². The summed E-state index contributed by atoms with van der Waals surface area (Å²) in [4.78, 5) is 12.3. The maximum absolute atomic E-state index is 15.8. The van der Waals surface area contributed by atoms with Crippen LogP contribution in [0, 0.1) is 5.82 Å². The molecule has 34 heavy (non-hydrogen) atoms. The van der Waals surface area contributed by atoms with Gasteiger partial charge in [-0.3, -0.25) is 4.79 Å². The minimum atomic E-state index is -1.33. The number of carbonyl (C=O) groups excluding carboxylic acids is 1. The summed E-state index contributed by atoms with van der Waals surface area (Å²) in [6.45, 7) is 0.241. The van der Waals surface area contributed by atoms with E-state index in [2.05, 4.69) is 0 Å². The van der Waals surface area contributed by atoms with Gasteiger partial charge in [0, 0.05) is 35.4 Å². The molecule has 0 fully saturated rings. The molecule has 7 nitrogen and oxygen atoms in total. The van der Waals surface area contributed by atoms with Gasteiger partial charge in [0.25, 0.3) is 0 Å². The highest BCUT2D eigenvalue weighted by Gasteiger charge is 2.50. The summed E-state index contributed by atoms with van der Waals surface area (Å²) in [5, 5.41) is 11.6. The third-order valence-corrected chi connectivity index (χ3v) is 6.21. The Hall–Kier alpha value is -3.17. The Morgan fingerprint density at radius 2 is 1.88 bits per heavy atom. The molecule has 3 aromatic rings. The summed E-state index contributed by atoms with van der Waals surface area (Å²) in [7, 11) is 1.49. The lowest BCUT2D eigenvalue weighted by molar-refractivity contribution is -0.0256. The molecule has 0 saturated heterocycles. The van der Waals surface area contributed by atoms with E-state index < -0.39 is 23.4 Å². The number of fused-ring (bicyclic) bond motifs is 1. The molecule has 4 rings (SSSR count). The Labute approximate surface area is 201 Å². The summed E-state index contributed by atoms with van der Waals surface area (Å²) < 4.78 is 32.4. The van der Waals surface area contributed by atoms with Gasteiger partial charge in [0.2, 0.25) is 5.91 Å². The van der Waals surface area contributed by atoms with Crippen molar-refractivity contribution in [3.63, 3.8) is 0 Å². The van der Waals surface area contributed by atoms with Gasteiger partial charge >= 0.3 is 0 Å². The SMILES string of the molecule is COCCOc1ccc(C(N)=O)c(-c2c(Cl)ccc3c2C(O)C(CN)(c2ccccc2)O3)c1F. The van der Waals surface area contributed by atoms with E-state index in [1.54, 1.807) is 30.3 Å². The first-order valence-corrected chi connectivity index (χ1v) is 10.9. The summed E-state index contributed by atoms with van der Waals surface area (Å²) >= 11 is 6.54. The largest absolute Gasteiger partial charge is 0.488 e. The lowest BCUT2D eigenvalue weighted by Gasteiger charge is -2.31. The van der Waals surface area contributed by atoms with Gasteiger partial charge in [0.1, 0.15) is 18.5 Å². The van der Waals surface area contributed by atoms with Crippen LogP contribution >= 0.6 is 11.6 Å². The number of hydrogen-bond donors (Lipinski definition) is 3. The standard InChI is InChI=1S/C25H24ClFN2O5/c1-32-11-12-33-18-9-7-15(24(29)31)19(22(18)27)20-16(26)8-10-17-21(20)23(30)25(13-28,34-17)14-5-3-2-4-6-14/h2-10,23,30H,11-13,28H2,1H3,(H2,29,31). The molecule has 178 valence electrons. The molecule has 0 aliphatic carbocycles. The molecule has 3 aromatic carbocycles. The van der Waals surface area contributed by atoms with E-state index in [4.69, 9.17) is 37.3 Å². The molecule has 1 aliphatic rings. The number of primary amides is 1. The van der Waals surface area contributed by atoms with Crippen molar-refractivity contribution in [1.29, 1.82) is 0 Å². The van der Waals surface area contributed by atoms with Gasteiger partial charge in [0.15, 0.2) is 17.2 Å². The van der Waals surface area contributed by atoms with Crippen molar-refractivity contribution in [2.24, 2.45) is 11.5 Å². The number of carbonyl (C=O) groups is 1. The van der Waals surface area contributed by atoms with Crippen LogP contribution in [0.4, 0.5) is 4.39 Å². The third-order valence-electron chi connectivity index (χ3n) is 5.89. The van der Waals surface area contributed by atoms with Gasteiger partial charge in [-0.05, 0) is 29.8 Å². The number of halogens is 2. The Kier molecular flexibility index (Phi) is 6.77. The van der Waals surface area contributed by atoms with Crippen LogP contribution in [0.1, 0.15) is 27.6 Å². The number of amides is 1.